The van der Waals surface area contributed by atoms with E-state index in [-0.39, 0.29) is 0 Å². The van der Waals surface area contributed by atoms with Crippen molar-refractivity contribution in [1.29, 1.82) is 5.41 Å². The van der Waals surface area contributed by atoms with Crippen LogP contribution < -0.4 is 5.32 Å². The fraction of sp³-hybridized carbons (Fsp3) is 0.0222. The zero-order valence-electron chi connectivity index (χ0n) is 27.5. The van der Waals surface area contributed by atoms with Crippen molar-refractivity contribution in [3.05, 3.63) is 192 Å². The number of fused-ring (bicyclic) bond motifs is 1. The lowest BCUT2D eigenvalue weighted by molar-refractivity contribution is 1.07. The molecule has 0 bridgehead atoms. The van der Waals surface area contributed by atoms with Crippen LogP contribution in [0.3, 0.4) is 0 Å². The second-order valence-electron chi connectivity index (χ2n) is 12.2. The van der Waals surface area contributed by atoms with E-state index in [9.17, 15) is 5.41 Å². The fourth-order valence-electron chi connectivity index (χ4n) is 6.26. The number of nitrogens with one attached hydrogen (secondary N) is 2. The van der Waals surface area contributed by atoms with E-state index in [2.05, 4.69) is 78.1 Å². The summed E-state index contributed by atoms with van der Waals surface area (Å²) in [4.78, 5) is 14.9. The van der Waals surface area contributed by atoms with E-state index in [0.29, 0.717) is 23.2 Å². The highest BCUT2D eigenvalue weighted by Gasteiger charge is 2.21. The SMILES string of the molecule is C/C(C(=N)c1cccc(-c2nc(-c3ccccc3)nc(-c3ccc(-c4ccccc4)cc3)n2)c1)=C1/NC(c2ccccc2)=Cc2ccccc21. The van der Waals surface area contributed by atoms with Crippen LogP contribution in [-0.2, 0) is 0 Å². The molecule has 1 aromatic heterocycles. The molecule has 238 valence electrons. The third kappa shape index (κ3) is 6.16. The van der Waals surface area contributed by atoms with Crippen LogP contribution in [0.1, 0.15) is 29.2 Å². The molecule has 1 aliphatic rings. The van der Waals surface area contributed by atoms with Crippen molar-refractivity contribution >= 4 is 23.2 Å². The van der Waals surface area contributed by atoms with Gasteiger partial charge in [0.2, 0.25) is 0 Å². The van der Waals surface area contributed by atoms with Crippen LogP contribution in [0.25, 0.3) is 62.8 Å². The van der Waals surface area contributed by atoms with Crippen LogP contribution in [0, 0.1) is 5.41 Å². The van der Waals surface area contributed by atoms with E-state index in [1.165, 1.54) is 0 Å². The summed E-state index contributed by atoms with van der Waals surface area (Å²) in [6.07, 6.45) is 2.17. The molecular formula is C45H33N5. The third-order valence-corrected chi connectivity index (χ3v) is 8.95. The van der Waals surface area contributed by atoms with Gasteiger partial charge in [-0.3, -0.25) is 5.41 Å². The van der Waals surface area contributed by atoms with Crippen LogP contribution in [0.15, 0.2) is 169 Å². The average molecular weight is 644 g/mol. The van der Waals surface area contributed by atoms with Gasteiger partial charge in [-0.05, 0) is 46.9 Å². The van der Waals surface area contributed by atoms with Crippen LogP contribution in [0.2, 0.25) is 0 Å². The molecule has 0 amide bonds. The predicted molar refractivity (Wildman–Crippen MR) is 205 cm³/mol. The number of hydrogen-bond donors (Lipinski definition) is 2. The molecule has 0 spiro atoms. The molecule has 50 heavy (non-hydrogen) atoms. The molecule has 0 unspecified atom stereocenters. The third-order valence-electron chi connectivity index (χ3n) is 8.95. The monoisotopic (exact) mass is 643 g/mol. The molecule has 0 fully saturated rings. The zero-order valence-corrected chi connectivity index (χ0v) is 27.5. The molecule has 6 aromatic carbocycles. The minimum atomic E-state index is 0.424. The minimum Gasteiger partial charge on any atom is -0.354 e. The van der Waals surface area contributed by atoms with Gasteiger partial charge in [0.15, 0.2) is 17.5 Å². The zero-order chi connectivity index (χ0) is 33.9. The maximum Gasteiger partial charge on any atom is 0.164 e. The van der Waals surface area contributed by atoms with Gasteiger partial charge < -0.3 is 5.32 Å². The molecule has 0 saturated carbocycles. The molecule has 0 saturated heterocycles. The van der Waals surface area contributed by atoms with Crippen LogP contribution in [0.4, 0.5) is 0 Å². The molecule has 7 aromatic rings. The first kappa shape index (κ1) is 30.6. The second-order valence-corrected chi connectivity index (χ2v) is 12.2. The Morgan fingerprint density at radius 3 is 1.62 bits per heavy atom. The summed E-state index contributed by atoms with van der Waals surface area (Å²) in [5.41, 5.74) is 12.2. The Hall–Kier alpha value is -6.72. The van der Waals surface area contributed by atoms with Crippen molar-refractivity contribution in [2.24, 2.45) is 0 Å². The number of allylic oxidation sites excluding steroid dienone is 1. The lowest BCUT2D eigenvalue weighted by Crippen LogP contribution is -2.19. The van der Waals surface area contributed by atoms with Crippen molar-refractivity contribution in [2.45, 2.75) is 6.92 Å². The van der Waals surface area contributed by atoms with Crippen LogP contribution >= 0.6 is 0 Å². The molecule has 8 rings (SSSR count). The summed E-state index contributed by atoms with van der Waals surface area (Å²) >= 11 is 0. The minimum absolute atomic E-state index is 0.424. The number of rotatable bonds is 7. The predicted octanol–water partition coefficient (Wildman–Crippen LogP) is 10.4. The summed E-state index contributed by atoms with van der Waals surface area (Å²) in [5.74, 6) is 1.74. The first-order valence-electron chi connectivity index (χ1n) is 16.6. The molecule has 0 atom stereocenters. The van der Waals surface area contributed by atoms with Gasteiger partial charge in [-0.15, -0.1) is 0 Å². The van der Waals surface area contributed by atoms with Crippen LogP contribution in [0.5, 0.6) is 0 Å². The normalized spacial score (nSPS) is 13.1. The van der Waals surface area contributed by atoms with E-state index in [1.54, 1.807) is 0 Å². The highest BCUT2D eigenvalue weighted by atomic mass is 15.0. The van der Waals surface area contributed by atoms with Gasteiger partial charge in [0.25, 0.3) is 0 Å². The summed E-state index contributed by atoms with van der Waals surface area (Å²) < 4.78 is 0. The molecule has 2 heterocycles. The Kier molecular flexibility index (Phi) is 8.21. The topological polar surface area (TPSA) is 74.5 Å². The Morgan fingerprint density at radius 2 is 0.960 bits per heavy atom. The fourth-order valence-corrected chi connectivity index (χ4v) is 6.26. The van der Waals surface area contributed by atoms with Gasteiger partial charge in [0, 0.05) is 33.5 Å². The first-order chi connectivity index (χ1) is 24.6. The molecule has 2 N–H and O–H groups in total. The molecule has 1 aliphatic heterocycles. The van der Waals surface area contributed by atoms with Crippen LogP contribution in [-0.4, -0.2) is 20.7 Å². The number of aromatic nitrogens is 3. The average Bonchev–Trinajstić information content (AvgIpc) is 3.21. The van der Waals surface area contributed by atoms with Gasteiger partial charge >= 0.3 is 0 Å². The highest BCUT2D eigenvalue weighted by Crippen LogP contribution is 2.33. The maximum atomic E-state index is 9.42. The quantitative estimate of drug-likeness (QED) is 0.170. The number of benzene rings is 6. The largest absolute Gasteiger partial charge is 0.354 e. The van der Waals surface area contributed by atoms with Crippen molar-refractivity contribution in [3.63, 3.8) is 0 Å². The molecule has 0 radical (unpaired) electrons. The van der Waals surface area contributed by atoms with Gasteiger partial charge in [-0.2, -0.15) is 0 Å². The van der Waals surface area contributed by atoms with E-state index in [1.807, 2.05) is 104 Å². The maximum absolute atomic E-state index is 9.42. The summed E-state index contributed by atoms with van der Waals surface area (Å²) in [7, 11) is 0. The van der Waals surface area contributed by atoms with E-state index in [4.69, 9.17) is 15.0 Å². The van der Waals surface area contributed by atoms with E-state index in [0.717, 1.165) is 67.0 Å². The molecule has 5 heteroatoms. The van der Waals surface area contributed by atoms with E-state index >= 15 is 0 Å². The van der Waals surface area contributed by atoms with Crippen molar-refractivity contribution in [2.75, 3.05) is 0 Å². The highest BCUT2D eigenvalue weighted by molar-refractivity contribution is 6.16. The lowest BCUT2D eigenvalue weighted by atomic mass is 9.92. The summed E-state index contributed by atoms with van der Waals surface area (Å²) in [6, 6.07) is 55.2. The Bertz CT molecular complexity index is 2400. The standard InChI is InChI=1S/C45H33N5/c1-30(42-39-23-12-11-20-36(39)29-40(47-42)33-16-7-3-8-17-33)41(46)37-21-13-22-38(28-37)45-49-43(34-18-9-4-10-19-34)48-44(50-45)35-26-24-32(25-27-35)31-14-5-2-6-15-31/h2-29,46-47H,1H3/b42-30-,46-41?. The summed E-state index contributed by atoms with van der Waals surface area (Å²) in [6.45, 7) is 2.01. The number of nitrogens with zero attached hydrogens (tertiary/aromatic N) is 3. The molecular weight excluding hydrogens is 611 g/mol. The van der Waals surface area contributed by atoms with Crippen molar-refractivity contribution < 1.29 is 0 Å². The Balaban J connectivity index is 1.18. The second kappa shape index (κ2) is 13.4. The summed E-state index contributed by atoms with van der Waals surface area (Å²) in [5, 5.41) is 13.1. The van der Waals surface area contributed by atoms with Crippen molar-refractivity contribution in [3.8, 4) is 45.3 Å². The Labute approximate surface area is 291 Å². The smallest absolute Gasteiger partial charge is 0.164 e. The molecule has 5 nitrogen and oxygen atoms in total. The van der Waals surface area contributed by atoms with E-state index < -0.39 is 0 Å². The Morgan fingerprint density at radius 1 is 0.480 bits per heavy atom. The number of hydrogen-bond acceptors (Lipinski definition) is 5. The van der Waals surface area contributed by atoms with Crippen molar-refractivity contribution in [1.82, 2.24) is 20.3 Å². The molecule has 0 aliphatic carbocycles. The van der Waals surface area contributed by atoms with Gasteiger partial charge in [0.1, 0.15) is 0 Å². The van der Waals surface area contributed by atoms with Gasteiger partial charge in [0.05, 0.1) is 11.4 Å². The van der Waals surface area contributed by atoms with Gasteiger partial charge in [-0.25, -0.2) is 15.0 Å². The first-order valence-corrected chi connectivity index (χ1v) is 16.6. The van der Waals surface area contributed by atoms with Gasteiger partial charge in [-0.1, -0.05) is 158 Å². The lowest BCUT2D eigenvalue weighted by Gasteiger charge is -2.24.